The molecule has 1 fully saturated rings. The van der Waals surface area contributed by atoms with Gasteiger partial charge in [0.2, 0.25) is 0 Å². The van der Waals surface area contributed by atoms with Crippen LogP contribution in [0.3, 0.4) is 0 Å². The van der Waals surface area contributed by atoms with Gasteiger partial charge in [0.15, 0.2) is 0 Å². The Hall–Kier alpha value is -3.52. The van der Waals surface area contributed by atoms with Crippen molar-refractivity contribution < 1.29 is 9.53 Å². The van der Waals surface area contributed by atoms with Crippen LogP contribution in [-0.4, -0.2) is 22.5 Å². The van der Waals surface area contributed by atoms with Gasteiger partial charge in [-0.3, -0.25) is 4.79 Å². The van der Waals surface area contributed by atoms with Crippen molar-refractivity contribution in [3.8, 4) is 29.0 Å². The number of aromatic amines is 1. The molecule has 0 atom stereocenters. The van der Waals surface area contributed by atoms with Crippen LogP contribution in [-0.2, 0) is 4.79 Å². The molecular formula is C24H23N3O2. The second-order valence-corrected chi connectivity index (χ2v) is 7.18. The molecule has 1 aliphatic rings. The number of hydrogen-bond acceptors (Lipinski definition) is 3. The minimum Gasteiger partial charge on any atom is -0.491 e. The Morgan fingerprint density at radius 1 is 1.17 bits per heavy atom. The molecule has 1 heterocycles. The summed E-state index contributed by atoms with van der Waals surface area (Å²) in [5.74, 6) is 7.12. The van der Waals surface area contributed by atoms with E-state index in [-0.39, 0.29) is 5.91 Å². The number of nitrogens with one attached hydrogen (secondary N) is 2. The molecule has 0 unspecified atom stereocenters. The van der Waals surface area contributed by atoms with Crippen molar-refractivity contribution in [2.24, 2.45) is 5.92 Å². The first kappa shape index (κ1) is 18.8. The topological polar surface area (TPSA) is 67.0 Å². The summed E-state index contributed by atoms with van der Waals surface area (Å²) in [6.07, 6.45) is 8.41. The number of carbonyl (C=O) groups is 1. The van der Waals surface area contributed by atoms with Gasteiger partial charge < -0.3 is 15.0 Å². The fraction of sp³-hybridized carbons (Fsp3) is 0.250. The lowest BCUT2D eigenvalue weighted by molar-refractivity contribution is -0.111. The summed E-state index contributed by atoms with van der Waals surface area (Å²) in [7, 11) is 0. The van der Waals surface area contributed by atoms with Gasteiger partial charge in [-0.1, -0.05) is 37.0 Å². The lowest BCUT2D eigenvalue weighted by Crippen LogP contribution is -2.13. The van der Waals surface area contributed by atoms with Crippen molar-refractivity contribution in [1.82, 2.24) is 9.97 Å². The van der Waals surface area contributed by atoms with Crippen molar-refractivity contribution in [2.75, 3.05) is 11.9 Å². The Morgan fingerprint density at radius 2 is 2.00 bits per heavy atom. The number of aromatic nitrogens is 2. The molecule has 1 aromatic heterocycles. The summed E-state index contributed by atoms with van der Waals surface area (Å²) in [5, 5.41) is 2.88. The quantitative estimate of drug-likeness (QED) is 0.629. The van der Waals surface area contributed by atoms with E-state index < -0.39 is 0 Å². The number of rotatable bonds is 5. The van der Waals surface area contributed by atoms with Gasteiger partial charge in [-0.25, -0.2) is 4.98 Å². The highest BCUT2D eigenvalue weighted by Gasteiger charge is 2.17. The first-order valence-electron chi connectivity index (χ1n) is 9.92. The van der Waals surface area contributed by atoms with Crippen LogP contribution >= 0.6 is 0 Å². The fourth-order valence-electron chi connectivity index (χ4n) is 3.51. The highest BCUT2D eigenvalue weighted by atomic mass is 16.5. The molecule has 0 spiro atoms. The number of hydrogen-bond donors (Lipinski definition) is 2. The Morgan fingerprint density at radius 3 is 2.76 bits per heavy atom. The molecule has 29 heavy (non-hydrogen) atoms. The van der Waals surface area contributed by atoms with Crippen molar-refractivity contribution >= 4 is 11.6 Å². The van der Waals surface area contributed by atoms with E-state index >= 15 is 0 Å². The highest BCUT2D eigenvalue weighted by molar-refractivity contribution is 6.05. The van der Waals surface area contributed by atoms with Crippen molar-refractivity contribution in [3.05, 3.63) is 66.5 Å². The van der Waals surface area contributed by atoms with Crippen LogP contribution in [0, 0.1) is 17.8 Å². The summed E-state index contributed by atoms with van der Waals surface area (Å²) < 4.78 is 6.06. The van der Waals surface area contributed by atoms with E-state index in [1.807, 2.05) is 48.5 Å². The third-order valence-corrected chi connectivity index (χ3v) is 5.04. The molecule has 5 heteroatoms. The van der Waals surface area contributed by atoms with Gasteiger partial charge in [-0.2, -0.15) is 0 Å². The van der Waals surface area contributed by atoms with E-state index in [0.29, 0.717) is 24.0 Å². The average molecular weight is 385 g/mol. The normalized spacial score (nSPS) is 13.5. The van der Waals surface area contributed by atoms with Crippen LogP contribution in [0.1, 0.15) is 31.2 Å². The minimum atomic E-state index is -0.379. The number of amides is 1. The summed E-state index contributed by atoms with van der Waals surface area (Å²) in [4.78, 5) is 19.8. The molecule has 0 radical (unpaired) electrons. The maximum Gasteiger partial charge on any atom is 0.300 e. The zero-order valence-electron chi connectivity index (χ0n) is 16.2. The maximum absolute atomic E-state index is 12.4. The Labute approximate surface area is 170 Å². The summed E-state index contributed by atoms with van der Waals surface area (Å²) in [6, 6.07) is 15.1. The van der Waals surface area contributed by atoms with E-state index in [0.717, 1.165) is 17.0 Å². The fourth-order valence-corrected chi connectivity index (χ4v) is 3.51. The minimum absolute atomic E-state index is 0.379. The number of ether oxygens (including phenoxy) is 1. The molecule has 3 aromatic rings. The monoisotopic (exact) mass is 385 g/mol. The smallest absolute Gasteiger partial charge is 0.300 e. The van der Waals surface area contributed by atoms with Crippen molar-refractivity contribution in [2.45, 2.75) is 25.7 Å². The van der Waals surface area contributed by atoms with Crippen LogP contribution in [0.2, 0.25) is 0 Å². The van der Waals surface area contributed by atoms with E-state index in [1.165, 1.54) is 25.7 Å². The van der Waals surface area contributed by atoms with Crippen LogP contribution in [0.5, 0.6) is 5.75 Å². The summed E-state index contributed by atoms with van der Waals surface area (Å²) in [5.41, 5.74) is 2.27. The summed E-state index contributed by atoms with van der Waals surface area (Å²) >= 11 is 0. The first-order valence-corrected chi connectivity index (χ1v) is 9.92. The van der Waals surface area contributed by atoms with Crippen LogP contribution in [0.4, 0.5) is 5.69 Å². The van der Waals surface area contributed by atoms with E-state index in [1.54, 1.807) is 12.4 Å². The van der Waals surface area contributed by atoms with Crippen LogP contribution in [0.15, 0.2) is 60.9 Å². The molecule has 1 saturated carbocycles. The van der Waals surface area contributed by atoms with Gasteiger partial charge in [0.25, 0.3) is 0 Å². The van der Waals surface area contributed by atoms with Gasteiger partial charge >= 0.3 is 5.91 Å². The van der Waals surface area contributed by atoms with Gasteiger partial charge in [0.1, 0.15) is 11.6 Å². The molecular weight excluding hydrogens is 362 g/mol. The second-order valence-electron chi connectivity index (χ2n) is 7.18. The predicted molar refractivity (Wildman–Crippen MR) is 113 cm³/mol. The molecule has 0 saturated heterocycles. The van der Waals surface area contributed by atoms with Gasteiger partial charge in [-0.05, 0) is 49.1 Å². The van der Waals surface area contributed by atoms with E-state index in [2.05, 4.69) is 27.1 Å². The number of nitrogens with zero attached hydrogens (tertiary/aromatic N) is 1. The third kappa shape index (κ3) is 5.05. The number of benzene rings is 2. The highest BCUT2D eigenvalue weighted by Crippen LogP contribution is 2.32. The Bertz CT molecular complexity index is 1010. The number of carbonyl (C=O) groups excluding carboxylic acids is 1. The molecule has 1 aliphatic carbocycles. The number of imidazole rings is 1. The zero-order chi connectivity index (χ0) is 19.9. The average Bonchev–Trinajstić information content (AvgIpc) is 3.46. The third-order valence-electron chi connectivity index (χ3n) is 5.04. The molecule has 0 aliphatic heterocycles. The molecule has 4 rings (SSSR count). The molecule has 146 valence electrons. The van der Waals surface area contributed by atoms with E-state index in [9.17, 15) is 4.79 Å². The number of anilines is 1. The Balaban J connectivity index is 1.53. The molecule has 1 amide bonds. The predicted octanol–water partition coefficient (Wildman–Crippen LogP) is 4.64. The molecule has 2 aromatic carbocycles. The zero-order valence-corrected chi connectivity index (χ0v) is 16.2. The first-order chi connectivity index (χ1) is 14.3. The molecule has 5 nitrogen and oxygen atoms in total. The Kier molecular flexibility index (Phi) is 5.92. The molecule has 2 N–H and O–H groups in total. The molecule has 0 bridgehead atoms. The SMILES string of the molecule is O=C(C#Cc1ccccc1)Nc1cc(-c2ncc[nH]2)ccc1OCC1CCCC1. The van der Waals surface area contributed by atoms with Crippen LogP contribution < -0.4 is 10.1 Å². The van der Waals surface area contributed by atoms with E-state index in [4.69, 9.17) is 4.74 Å². The maximum atomic E-state index is 12.4. The van der Waals surface area contributed by atoms with Gasteiger partial charge in [0.05, 0.1) is 12.3 Å². The van der Waals surface area contributed by atoms with Crippen molar-refractivity contribution in [3.63, 3.8) is 0 Å². The second kappa shape index (κ2) is 9.11. The largest absolute Gasteiger partial charge is 0.491 e. The van der Waals surface area contributed by atoms with Crippen LogP contribution in [0.25, 0.3) is 11.4 Å². The lowest BCUT2D eigenvalue weighted by atomic mass is 10.1. The standard InChI is InChI=1S/C24H23N3O2/c28-23(13-10-18-6-2-1-3-7-18)27-21-16-20(24-25-14-15-26-24)11-12-22(21)29-17-19-8-4-5-9-19/h1-3,6-7,11-12,14-16,19H,4-5,8-9,17H2,(H,25,26)(H,27,28). The number of H-pyrrole nitrogens is 1. The lowest BCUT2D eigenvalue weighted by Gasteiger charge is -2.15. The van der Waals surface area contributed by atoms with Gasteiger partial charge in [-0.15, -0.1) is 0 Å². The van der Waals surface area contributed by atoms with Crippen molar-refractivity contribution in [1.29, 1.82) is 0 Å². The van der Waals surface area contributed by atoms with Gasteiger partial charge in [0, 0.05) is 29.4 Å². The summed E-state index contributed by atoms with van der Waals surface area (Å²) in [6.45, 7) is 0.665.